The zero-order valence-corrected chi connectivity index (χ0v) is 11.9. The molecule has 18 heavy (non-hydrogen) atoms. The standard InChI is InChI=1S/C14H21ClN2O/c1-4-13(11-5-7-12(15)8-6-11)16-9-14(18)17-10(2)3/h5-8,10,13,16H,4,9H2,1-3H3,(H,17,18). The third-order valence-corrected chi connectivity index (χ3v) is 2.89. The Morgan fingerprint density at radius 3 is 2.39 bits per heavy atom. The van der Waals surface area contributed by atoms with Crippen molar-refractivity contribution in [3.63, 3.8) is 0 Å². The molecule has 0 saturated heterocycles. The van der Waals surface area contributed by atoms with E-state index in [0.717, 1.165) is 17.0 Å². The molecule has 1 amide bonds. The molecule has 1 unspecified atom stereocenters. The van der Waals surface area contributed by atoms with E-state index in [1.807, 2.05) is 38.1 Å². The second-order valence-electron chi connectivity index (χ2n) is 4.62. The first-order chi connectivity index (χ1) is 8.52. The lowest BCUT2D eigenvalue weighted by molar-refractivity contribution is -0.120. The second kappa shape index (κ2) is 7.39. The van der Waals surface area contributed by atoms with Crippen molar-refractivity contribution in [2.24, 2.45) is 0 Å². The first kappa shape index (κ1) is 15.0. The van der Waals surface area contributed by atoms with E-state index in [1.54, 1.807) is 0 Å². The van der Waals surface area contributed by atoms with Gasteiger partial charge in [0.15, 0.2) is 0 Å². The van der Waals surface area contributed by atoms with Gasteiger partial charge in [0.25, 0.3) is 0 Å². The van der Waals surface area contributed by atoms with Crippen molar-refractivity contribution in [1.29, 1.82) is 0 Å². The molecule has 4 heteroatoms. The first-order valence-electron chi connectivity index (χ1n) is 6.31. The summed E-state index contributed by atoms with van der Waals surface area (Å²) in [5.74, 6) is 0.0254. The highest BCUT2D eigenvalue weighted by atomic mass is 35.5. The van der Waals surface area contributed by atoms with Crippen LogP contribution in [0.2, 0.25) is 5.02 Å². The van der Waals surface area contributed by atoms with Crippen molar-refractivity contribution in [3.8, 4) is 0 Å². The molecule has 0 heterocycles. The van der Waals surface area contributed by atoms with E-state index in [0.29, 0.717) is 6.54 Å². The van der Waals surface area contributed by atoms with E-state index >= 15 is 0 Å². The maximum atomic E-state index is 11.6. The highest BCUT2D eigenvalue weighted by molar-refractivity contribution is 6.30. The molecule has 100 valence electrons. The number of hydrogen-bond donors (Lipinski definition) is 2. The van der Waals surface area contributed by atoms with Gasteiger partial charge < -0.3 is 10.6 Å². The minimum absolute atomic E-state index is 0.0254. The highest BCUT2D eigenvalue weighted by Gasteiger charge is 2.11. The Morgan fingerprint density at radius 1 is 1.28 bits per heavy atom. The summed E-state index contributed by atoms with van der Waals surface area (Å²) in [6, 6.07) is 8.08. The predicted octanol–water partition coefficient (Wildman–Crippen LogP) is 2.91. The minimum Gasteiger partial charge on any atom is -0.353 e. The van der Waals surface area contributed by atoms with E-state index < -0.39 is 0 Å². The molecule has 0 aliphatic heterocycles. The van der Waals surface area contributed by atoms with Gasteiger partial charge in [0.05, 0.1) is 6.54 Å². The Kier molecular flexibility index (Phi) is 6.16. The molecule has 0 radical (unpaired) electrons. The summed E-state index contributed by atoms with van der Waals surface area (Å²) in [5.41, 5.74) is 1.15. The molecule has 0 aliphatic rings. The molecule has 0 aliphatic carbocycles. The van der Waals surface area contributed by atoms with Gasteiger partial charge in [-0.3, -0.25) is 4.79 Å². The number of carbonyl (C=O) groups is 1. The molecule has 3 nitrogen and oxygen atoms in total. The molecule has 0 spiro atoms. The van der Waals surface area contributed by atoms with Crippen LogP contribution in [-0.4, -0.2) is 18.5 Å². The molecule has 0 bridgehead atoms. The third-order valence-electron chi connectivity index (χ3n) is 2.64. The third kappa shape index (κ3) is 5.07. The van der Waals surface area contributed by atoms with Gasteiger partial charge in [0.2, 0.25) is 5.91 Å². The van der Waals surface area contributed by atoms with Crippen LogP contribution < -0.4 is 10.6 Å². The summed E-state index contributed by atoms with van der Waals surface area (Å²) in [5, 5.41) is 6.84. The van der Waals surface area contributed by atoms with Gasteiger partial charge >= 0.3 is 0 Å². The van der Waals surface area contributed by atoms with Gasteiger partial charge in [-0.1, -0.05) is 30.7 Å². The number of benzene rings is 1. The largest absolute Gasteiger partial charge is 0.353 e. The fourth-order valence-electron chi connectivity index (χ4n) is 1.78. The monoisotopic (exact) mass is 268 g/mol. The predicted molar refractivity (Wildman–Crippen MR) is 75.8 cm³/mol. The van der Waals surface area contributed by atoms with Gasteiger partial charge in [-0.2, -0.15) is 0 Å². The van der Waals surface area contributed by atoms with Crippen LogP contribution in [0.25, 0.3) is 0 Å². The lowest BCUT2D eigenvalue weighted by Gasteiger charge is -2.18. The van der Waals surface area contributed by atoms with E-state index in [2.05, 4.69) is 17.6 Å². The van der Waals surface area contributed by atoms with Gasteiger partial charge in [-0.25, -0.2) is 0 Å². The van der Waals surface area contributed by atoms with Crippen LogP contribution in [0.3, 0.4) is 0 Å². The summed E-state index contributed by atoms with van der Waals surface area (Å²) in [6.07, 6.45) is 0.927. The average molecular weight is 269 g/mol. The Hall–Kier alpha value is -1.06. The Labute approximate surface area is 114 Å². The lowest BCUT2D eigenvalue weighted by atomic mass is 10.0. The topological polar surface area (TPSA) is 41.1 Å². The highest BCUT2D eigenvalue weighted by Crippen LogP contribution is 2.18. The summed E-state index contributed by atoms with van der Waals surface area (Å²) in [7, 11) is 0. The summed E-state index contributed by atoms with van der Waals surface area (Å²) < 4.78 is 0. The van der Waals surface area contributed by atoms with Crippen molar-refractivity contribution >= 4 is 17.5 Å². The zero-order valence-electron chi connectivity index (χ0n) is 11.2. The molecule has 1 aromatic carbocycles. The van der Waals surface area contributed by atoms with Crippen molar-refractivity contribution in [2.45, 2.75) is 39.3 Å². The number of rotatable bonds is 6. The number of nitrogens with one attached hydrogen (secondary N) is 2. The summed E-state index contributed by atoms with van der Waals surface area (Å²) in [6.45, 7) is 6.33. The van der Waals surface area contributed by atoms with Crippen LogP contribution in [-0.2, 0) is 4.79 Å². The van der Waals surface area contributed by atoms with E-state index in [4.69, 9.17) is 11.6 Å². The van der Waals surface area contributed by atoms with Crippen LogP contribution in [0.1, 0.15) is 38.8 Å². The first-order valence-corrected chi connectivity index (χ1v) is 6.69. The van der Waals surface area contributed by atoms with Crippen LogP contribution >= 0.6 is 11.6 Å². The number of halogens is 1. The molecular weight excluding hydrogens is 248 g/mol. The average Bonchev–Trinajstić information content (AvgIpc) is 2.31. The number of carbonyl (C=O) groups excluding carboxylic acids is 1. The van der Waals surface area contributed by atoms with Crippen LogP contribution in [0.4, 0.5) is 0 Å². The minimum atomic E-state index is 0.0254. The lowest BCUT2D eigenvalue weighted by Crippen LogP contribution is -2.38. The van der Waals surface area contributed by atoms with Gasteiger partial charge in [0, 0.05) is 17.1 Å². The molecule has 2 N–H and O–H groups in total. The van der Waals surface area contributed by atoms with E-state index in [-0.39, 0.29) is 18.0 Å². The van der Waals surface area contributed by atoms with Gasteiger partial charge in [-0.05, 0) is 38.0 Å². The maximum absolute atomic E-state index is 11.6. The quantitative estimate of drug-likeness (QED) is 0.833. The van der Waals surface area contributed by atoms with Crippen molar-refractivity contribution in [1.82, 2.24) is 10.6 Å². The SMILES string of the molecule is CCC(NCC(=O)NC(C)C)c1ccc(Cl)cc1. The second-order valence-corrected chi connectivity index (χ2v) is 5.05. The molecular formula is C14H21ClN2O. The van der Waals surface area contributed by atoms with Crippen molar-refractivity contribution in [3.05, 3.63) is 34.9 Å². The molecule has 1 rings (SSSR count). The van der Waals surface area contributed by atoms with Gasteiger partial charge in [0.1, 0.15) is 0 Å². The molecule has 0 fully saturated rings. The van der Waals surface area contributed by atoms with Crippen molar-refractivity contribution in [2.75, 3.05) is 6.54 Å². The number of amides is 1. The molecule has 1 aromatic rings. The molecule has 0 aromatic heterocycles. The van der Waals surface area contributed by atoms with Gasteiger partial charge in [-0.15, -0.1) is 0 Å². The maximum Gasteiger partial charge on any atom is 0.234 e. The molecule has 1 atom stereocenters. The van der Waals surface area contributed by atoms with Crippen molar-refractivity contribution < 1.29 is 4.79 Å². The fraction of sp³-hybridized carbons (Fsp3) is 0.500. The van der Waals surface area contributed by atoms with Crippen LogP contribution in [0, 0.1) is 0 Å². The number of hydrogen-bond acceptors (Lipinski definition) is 2. The summed E-state index contributed by atoms with van der Waals surface area (Å²) in [4.78, 5) is 11.6. The Bertz CT molecular complexity index is 376. The zero-order chi connectivity index (χ0) is 13.5. The smallest absolute Gasteiger partial charge is 0.234 e. The normalized spacial score (nSPS) is 12.5. The fourth-order valence-corrected chi connectivity index (χ4v) is 1.91. The van der Waals surface area contributed by atoms with Crippen LogP contribution in [0.15, 0.2) is 24.3 Å². The Morgan fingerprint density at radius 2 is 1.89 bits per heavy atom. The Balaban J connectivity index is 2.52. The van der Waals surface area contributed by atoms with E-state index in [9.17, 15) is 4.79 Å². The van der Waals surface area contributed by atoms with Crippen LogP contribution in [0.5, 0.6) is 0 Å². The van der Waals surface area contributed by atoms with E-state index in [1.165, 1.54) is 0 Å². The summed E-state index contributed by atoms with van der Waals surface area (Å²) >= 11 is 5.86. The molecule has 0 saturated carbocycles.